The summed E-state index contributed by atoms with van der Waals surface area (Å²) in [5.41, 5.74) is 1.86. The first-order chi connectivity index (χ1) is 15.7. The number of nitrogens with zero attached hydrogens (tertiary/aromatic N) is 2. The lowest BCUT2D eigenvalue weighted by Crippen LogP contribution is -2.40. The zero-order valence-corrected chi connectivity index (χ0v) is 19.9. The van der Waals surface area contributed by atoms with Gasteiger partial charge in [0.25, 0.3) is 5.91 Å². The molecular weight excluding hydrogens is 484 g/mol. The Morgan fingerprint density at radius 3 is 2.47 bits per heavy atom. The van der Waals surface area contributed by atoms with Crippen LogP contribution in [0.5, 0.6) is 0 Å². The minimum absolute atomic E-state index is 0.0261. The van der Waals surface area contributed by atoms with E-state index in [9.17, 15) is 4.79 Å². The van der Waals surface area contributed by atoms with E-state index in [2.05, 4.69) is 15.9 Å². The van der Waals surface area contributed by atoms with Crippen LogP contribution in [0.2, 0.25) is 0 Å². The highest BCUT2D eigenvalue weighted by Gasteiger charge is 2.38. The van der Waals surface area contributed by atoms with Crippen molar-refractivity contribution >= 4 is 50.5 Å². The fraction of sp³-hybridized carbons (Fsp3) is 0.231. The monoisotopic (exact) mass is 506 g/mol. The van der Waals surface area contributed by atoms with Crippen molar-refractivity contribution in [3.63, 3.8) is 0 Å². The van der Waals surface area contributed by atoms with Gasteiger partial charge in [-0.05, 0) is 61.0 Å². The summed E-state index contributed by atoms with van der Waals surface area (Å²) in [5, 5.41) is 0.763. The number of amides is 1. The Hall–Kier alpha value is -2.57. The number of halogens is 1. The third-order valence-electron chi connectivity index (χ3n) is 5.79. The van der Waals surface area contributed by atoms with Crippen molar-refractivity contribution < 1.29 is 9.21 Å². The van der Waals surface area contributed by atoms with E-state index >= 15 is 0 Å². The molecule has 0 radical (unpaired) electrons. The van der Waals surface area contributed by atoms with E-state index in [1.54, 1.807) is 0 Å². The predicted molar refractivity (Wildman–Crippen MR) is 135 cm³/mol. The average molecular weight is 507 g/mol. The minimum atomic E-state index is 0.0261. The Kier molecular flexibility index (Phi) is 6.32. The number of rotatable bonds is 4. The summed E-state index contributed by atoms with van der Waals surface area (Å²) in [6.07, 6.45) is 7.46. The first-order valence-corrected chi connectivity index (χ1v) is 12.5. The third-order valence-corrected chi connectivity index (χ3v) is 7.30. The SMILES string of the molecule is O=C1/C(=C/c2ccc(-c3ccc(Br)cc3)o2)SC(=Nc2ccccc2)N1C1CCCCC1. The Bertz CT molecular complexity index is 1160. The Morgan fingerprint density at radius 2 is 1.72 bits per heavy atom. The summed E-state index contributed by atoms with van der Waals surface area (Å²) in [6, 6.07) is 21.9. The van der Waals surface area contributed by atoms with Gasteiger partial charge in [-0.3, -0.25) is 9.69 Å². The maximum Gasteiger partial charge on any atom is 0.267 e. The second kappa shape index (κ2) is 9.51. The number of thioether (sulfide) groups is 1. The van der Waals surface area contributed by atoms with Crippen LogP contribution in [0, 0.1) is 0 Å². The van der Waals surface area contributed by atoms with Gasteiger partial charge in [-0.1, -0.05) is 65.5 Å². The van der Waals surface area contributed by atoms with Crippen LogP contribution in [-0.2, 0) is 4.79 Å². The smallest absolute Gasteiger partial charge is 0.267 e. The molecule has 2 aliphatic rings. The Labute approximate surface area is 200 Å². The number of amidine groups is 1. The summed E-state index contributed by atoms with van der Waals surface area (Å²) in [5.74, 6) is 1.48. The number of hydrogen-bond donors (Lipinski definition) is 0. The van der Waals surface area contributed by atoms with Crippen LogP contribution in [0.3, 0.4) is 0 Å². The molecule has 0 N–H and O–H groups in total. The average Bonchev–Trinajstić information content (AvgIpc) is 3.40. The molecule has 162 valence electrons. The summed E-state index contributed by atoms with van der Waals surface area (Å²) in [6.45, 7) is 0. The van der Waals surface area contributed by atoms with Gasteiger partial charge in [0.2, 0.25) is 0 Å². The van der Waals surface area contributed by atoms with Crippen LogP contribution in [0.1, 0.15) is 37.9 Å². The molecule has 1 saturated carbocycles. The molecule has 0 atom stereocenters. The summed E-state index contributed by atoms with van der Waals surface area (Å²) in [7, 11) is 0. The molecule has 6 heteroatoms. The lowest BCUT2D eigenvalue weighted by atomic mass is 9.94. The van der Waals surface area contributed by atoms with E-state index in [1.165, 1.54) is 18.2 Å². The van der Waals surface area contributed by atoms with E-state index in [0.29, 0.717) is 10.7 Å². The number of carbonyl (C=O) groups excluding carboxylic acids is 1. The maximum absolute atomic E-state index is 13.4. The summed E-state index contributed by atoms with van der Waals surface area (Å²) < 4.78 is 7.06. The quantitative estimate of drug-likeness (QED) is 0.341. The van der Waals surface area contributed by atoms with Gasteiger partial charge in [0.15, 0.2) is 5.17 Å². The van der Waals surface area contributed by atoms with E-state index in [-0.39, 0.29) is 11.9 Å². The topological polar surface area (TPSA) is 45.8 Å². The molecule has 4 nitrogen and oxygen atoms in total. The zero-order chi connectivity index (χ0) is 21.9. The van der Waals surface area contributed by atoms with Gasteiger partial charge in [-0.25, -0.2) is 4.99 Å². The molecular formula is C26H23BrN2O2S. The van der Waals surface area contributed by atoms with Crippen molar-refractivity contribution in [3.8, 4) is 11.3 Å². The number of hydrogen-bond acceptors (Lipinski definition) is 4. The van der Waals surface area contributed by atoms with Crippen molar-refractivity contribution in [2.75, 3.05) is 0 Å². The fourth-order valence-corrected chi connectivity index (χ4v) is 5.47. The maximum atomic E-state index is 13.4. The second-order valence-electron chi connectivity index (χ2n) is 8.02. The number of carbonyl (C=O) groups is 1. The van der Waals surface area contributed by atoms with Gasteiger partial charge < -0.3 is 4.42 Å². The molecule has 2 fully saturated rings. The first-order valence-electron chi connectivity index (χ1n) is 10.9. The highest BCUT2D eigenvalue weighted by Crippen LogP contribution is 2.39. The summed E-state index contributed by atoms with van der Waals surface area (Å²) in [4.78, 5) is 20.8. The van der Waals surface area contributed by atoms with Crippen molar-refractivity contribution in [1.29, 1.82) is 0 Å². The normalized spacial score (nSPS) is 19.9. The van der Waals surface area contributed by atoms with Crippen molar-refractivity contribution in [2.24, 2.45) is 4.99 Å². The molecule has 2 aromatic carbocycles. The fourth-order valence-electron chi connectivity index (χ4n) is 4.17. The van der Waals surface area contributed by atoms with E-state index < -0.39 is 0 Å². The zero-order valence-electron chi connectivity index (χ0n) is 17.5. The van der Waals surface area contributed by atoms with Gasteiger partial charge in [-0.15, -0.1) is 0 Å². The van der Waals surface area contributed by atoms with E-state index in [1.807, 2.05) is 77.7 Å². The molecule has 2 heterocycles. The van der Waals surface area contributed by atoms with Gasteiger partial charge in [0.1, 0.15) is 11.5 Å². The van der Waals surface area contributed by atoms with Crippen LogP contribution in [-0.4, -0.2) is 22.0 Å². The van der Waals surface area contributed by atoms with Crippen LogP contribution in [0.4, 0.5) is 5.69 Å². The van der Waals surface area contributed by atoms with Crippen LogP contribution in [0.25, 0.3) is 17.4 Å². The first kappa shape index (κ1) is 21.3. The number of para-hydroxylation sites is 1. The summed E-state index contributed by atoms with van der Waals surface area (Å²) >= 11 is 4.90. The van der Waals surface area contributed by atoms with Crippen molar-refractivity contribution in [1.82, 2.24) is 4.90 Å². The largest absolute Gasteiger partial charge is 0.457 e. The standard InChI is InChI=1S/C26H23BrN2O2S/c27-19-13-11-18(12-14-19)23-16-15-22(31-23)17-24-25(30)29(21-9-5-2-6-10-21)26(32-24)28-20-7-3-1-4-8-20/h1,3-4,7-8,11-17,21H,2,5-6,9-10H2/b24-17-,28-26?. The van der Waals surface area contributed by atoms with Gasteiger partial charge in [-0.2, -0.15) is 0 Å². The van der Waals surface area contributed by atoms with Crippen molar-refractivity contribution in [2.45, 2.75) is 38.1 Å². The van der Waals surface area contributed by atoms with E-state index in [0.717, 1.165) is 52.3 Å². The molecule has 0 spiro atoms. The minimum Gasteiger partial charge on any atom is -0.457 e. The molecule has 0 unspecified atom stereocenters. The lowest BCUT2D eigenvalue weighted by Gasteiger charge is -2.30. The van der Waals surface area contributed by atoms with Crippen LogP contribution >= 0.6 is 27.7 Å². The highest BCUT2D eigenvalue weighted by atomic mass is 79.9. The molecule has 5 rings (SSSR count). The molecule has 0 bridgehead atoms. The molecule has 1 aromatic heterocycles. The Morgan fingerprint density at radius 1 is 0.969 bits per heavy atom. The van der Waals surface area contributed by atoms with Crippen molar-refractivity contribution in [3.05, 3.63) is 81.9 Å². The predicted octanol–water partition coefficient (Wildman–Crippen LogP) is 7.65. The van der Waals surface area contributed by atoms with Crippen LogP contribution < -0.4 is 0 Å². The second-order valence-corrected chi connectivity index (χ2v) is 9.94. The third kappa shape index (κ3) is 4.62. The number of aliphatic imine (C=N–C) groups is 1. The lowest BCUT2D eigenvalue weighted by molar-refractivity contribution is -0.124. The van der Waals surface area contributed by atoms with Gasteiger partial charge >= 0.3 is 0 Å². The molecule has 1 saturated heterocycles. The molecule has 1 amide bonds. The van der Waals surface area contributed by atoms with E-state index in [4.69, 9.17) is 9.41 Å². The van der Waals surface area contributed by atoms with Gasteiger partial charge in [0, 0.05) is 22.2 Å². The van der Waals surface area contributed by atoms with Crippen LogP contribution in [0.15, 0.2) is 85.5 Å². The number of benzene rings is 2. The molecule has 1 aliphatic carbocycles. The molecule has 3 aromatic rings. The molecule has 32 heavy (non-hydrogen) atoms. The Balaban J connectivity index is 1.45. The molecule has 1 aliphatic heterocycles. The van der Waals surface area contributed by atoms with Gasteiger partial charge in [0.05, 0.1) is 10.6 Å². The number of furan rings is 1. The highest BCUT2D eigenvalue weighted by molar-refractivity contribution is 9.10.